The predicted molar refractivity (Wildman–Crippen MR) is 60.7 cm³/mol. The van der Waals surface area contributed by atoms with E-state index in [1.165, 1.54) is 0 Å². The molecule has 4 aliphatic rings. The molecule has 4 saturated heterocycles. The fraction of sp³-hybridized carbons (Fsp3) is 1.00. The summed E-state index contributed by atoms with van der Waals surface area (Å²) >= 11 is 0. The van der Waals surface area contributed by atoms with Gasteiger partial charge in [0.1, 0.15) is 0 Å². The highest BCUT2D eigenvalue weighted by atomic mass is 17.3. The molecule has 4 bridgehead atoms. The molecule has 17 heavy (non-hydrogen) atoms. The first kappa shape index (κ1) is 11.9. The molecule has 4 fully saturated rings. The molecule has 0 aromatic rings. The van der Waals surface area contributed by atoms with E-state index < -0.39 is 17.4 Å². The van der Waals surface area contributed by atoms with Crippen LogP contribution in [0.3, 0.4) is 0 Å². The third-order valence-electron chi connectivity index (χ3n) is 4.88. The number of hydrogen-bond acceptors (Lipinski definition) is 4. The second-order valence-electron chi connectivity index (χ2n) is 6.08. The first-order chi connectivity index (χ1) is 7.89. The lowest BCUT2D eigenvalue weighted by atomic mass is 9.63. The minimum absolute atomic E-state index is 0.173. The monoisotopic (exact) mass is 242 g/mol. The molecule has 4 nitrogen and oxygen atoms in total. The van der Waals surface area contributed by atoms with Crippen molar-refractivity contribution in [1.29, 1.82) is 0 Å². The van der Waals surface area contributed by atoms with Gasteiger partial charge in [-0.05, 0) is 33.6 Å². The molecule has 2 unspecified atom stereocenters. The Balaban J connectivity index is 2.01. The lowest BCUT2D eigenvalue weighted by Gasteiger charge is -2.60. The van der Waals surface area contributed by atoms with Crippen LogP contribution in [0.2, 0.25) is 0 Å². The van der Waals surface area contributed by atoms with Crippen molar-refractivity contribution in [1.82, 2.24) is 0 Å². The standard InChI is InChI=1S/C13H22O4/c1-5-6-7-13-9-8-10(2)14-11(13,3)16-17-12(13,4)15-10/h5-9H2,1-4H3/t10?,11-,12+,13?. The Morgan fingerprint density at radius 1 is 0.941 bits per heavy atom. The average Bonchev–Trinajstić information content (AvgIpc) is 2.38. The van der Waals surface area contributed by atoms with Crippen molar-refractivity contribution in [2.75, 3.05) is 0 Å². The number of hydrogen-bond donors (Lipinski definition) is 0. The third kappa shape index (κ3) is 1.27. The summed E-state index contributed by atoms with van der Waals surface area (Å²) < 4.78 is 12.1. The van der Waals surface area contributed by atoms with Crippen molar-refractivity contribution in [3.05, 3.63) is 0 Å². The van der Waals surface area contributed by atoms with Crippen molar-refractivity contribution in [3.8, 4) is 0 Å². The Hall–Kier alpha value is -0.160. The van der Waals surface area contributed by atoms with Gasteiger partial charge in [-0.25, -0.2) is 0 Å². The van der Waals surface area contributed by atoms with Crippen LogP contribution in [0.4, 0.5) is 0 Å². The maximum atomic E-state index is 6.05. The van der Waals surface area contributed by atoms with E-state index in [1.807, 2.05) is 20.8 Å². The fourth-order valence-electron chi connectivity index (χ4n) is 3.86. The second kappa shape index (κ2) is 3.23. The van der Waals surface area contributed by atoms with Gasteiger partial charge < -0.3 is 9.47 Å². The van der Waals surface area contributed by atoms with Crippen LogP contribution in [0.5, 0.6) is 0 Å². The predicted octanol–water partition coefficient (Wildman–Crippen LogP) is 3.11. The average molecular weight is 242 g/mol. The summed E-state index contributed by atoms with van der Waals surface area (Å²) in [6.45, 7) is 8.16. The summed E-state index contributed by atoms with van der Waals surface area (Å²) in [5, 5.41) is 0. The Morgan fingerprint density at radius 2 is 1.53 bits per heavy atom. The molecule has 0 N–H and O–H groups in total. The van der Waals surface area contributed by atoms with Gasteiger partial charge in [0.2, 0.25) is 11.6 Å². The van der Waals surface area contributed by atoms with Crippen LogP contribution < -0.4 is 0 Å². The van der Waals surface area contributed by atoms with E-state index in [1.54, 1.807) is 0 Å². The van der Waals surface area contributed by atoms with Gasteiger partial charge in [0.05, 0.1) is 5.41 Å². The number of rotatable bonds is 3. The number of unbranched alkanes of at least 4 members (excludes halogenated alkanes) is 1. The molecule has 0 aromatic carbocycles. The molecular formula is C13H22O4. The zero-order valence-corrected chi connectivity index (χ0v) is 11.2. The van der Waals surface area contributed by atoms with E-state index in [0.717, 1.165) is 32.1 Å². The molecule has 4 rings (SSSR count). The van der Waals surface area contributed by atoms with Crippen molar-refractivity contribution in [3.63, 3.8) is 0 Å². The molecule has 0 amide bonds. The Morgan fingerprint density at radius 3 is 2.06 bits per heavy atom. The molecule has 0 spiro atoms. The first-order valence-electron chi connectivity index (χ1n) is 6.66. The molecule has 98 valence electrons. The molecular weight excluding hydrogens is 220 g/mol. The van der Waals surface area contributed by atoms with E-state index in [0.29, 0.717) is 0 Å². The maximum absolute atomic E-state index is 6.05. The molecule has 4 aliphatic heterocycles. The third-order valence-corrected chi connectivity index (χ3v) is 4.88. The molecule has 0 aliphatic carbocycles. The topological polar surface area (TPSA) is 36.9 Å². The minimum atomic E-state index is -0.665. The van der Waals surface area contributed by atoms with Gasteiger partial charge in [-0.2, -0.15) is 9.78 Å². The van der Waals surface area contributed by atoms with E-state index in [4.69, 9.17) is 19.2 Å². The summed E-state index contributed by atoms with van der Waals surface area (Å²) in [4.78, 5) is 11.0. The van der Waals surface area contributed by atoms with Crippen LogP contribution in [0.1, 0.15) is 59.8 Å². The highest BCUT2D eigenvalue weighted by Gasteiger charge is 2.78. The second-order valence-corrected chi connectivity index (χ2v) is 6.08. The zero-order valence-electron chi connectivity index (χ0n) is 11.2. The summed E-state index contributed by atoms with van der Waals surface area (Å²) in [6, 6.07) is 0. The molecule has 4 heteroatoms. The van der Waals surface area contributed by atoms with Crippen LogP contribution in [-0.2, 0) is 19.2 Å². The van der Waals surface area contributed by atoms with Gasteiger partial charge in [0.15, 0.2) is 5.79 Å². The van der Waals surface area contributed by atoms with Gasteiger partial charge >= 0.3 is 0 Å². The number of ether oxygens (including phenoxy) is 2. The van der Waals surface area contributed by atoms with E-state index >= 15 is 0 Å². The number of fused-ring (bicyclic) bond motifs is 1. The van der Waals surface area contributed by atoms with Crippen LogP contribution >= 0.6 is 0 Å². The smallest absolute Gasteiger partial charge is 0.212 e. The summed E-state index contributed by atoms with van der Waals surface area (Å²) in [7, 11) is 0. The molecule has 4 heterocycles. The van der Waals surface area contributed by atoms with Crippen LogP contribution in [0.15, 0.2) is 0 Å². The highest BCUT2D eigenvalue weighted by molar-refractivity contribution is 5.10. The SMILES string of the molecule is CCCCC12CCC3(C)O[C@]1(C)OO[C@]2(C)O3. The Labute approximate surface area is 102 Å². The van der Waals surface area contributed by atoms with Gasteiger partial charge in [-0.1, -0.05) is 19.8 Å². The summed E-state index contributed by atoms with van der Waals surface area (Å²) in [6.07, 6.45) is 5.27. The van der Waals surface area contributed by atoms with Crippen molar-refractivity contribution >= 4 is 0 Å². The maximum Gasteiger partial charge on any atom is 0.212 e. The first-order valence-corrected chi connectivity index (χ1v) is 6.66. The van der Waals surface area contributed by atoms with Crippen molar-refractivity contribution in [2.45, 2.75) is 77.2 Å². The highest BCUT2D eigenvalue weighted by Crippen LogP contribution is 2.68. The van der Waals surface area contributed by atoms with E-state index in [2.05, 4.69) is 6.92 Å². The molecule has 0 aromatic heterocycles. The van der Waals surface area contributed by atoms with Crippen LogP contribution in [0, 0.1) is 5.41 Å². The van der Waals surface area contributed by atoms with Gasteiger partial charge in [-0.15, -0.1) is 0 Å². The van der Waals surface area contributed by atoms with Crippen molar-refractivity contribution < 1.29 is 19.2 Å². The normalized spacial score (nSPS) is 56.5. The van der Waals surface area contributed by atoms with Gasteiger partial charge in [0.25, 0.3) is 0 Å². The lowest BCUT2D eigenvalue weighted by Crippen LogP contribution is -2.70. The molecule has 0 saturated carbocycles. The van der Waals surface area contributed by atoms with Crippen LogP contribution in [0.25, 0.3) is 0 Å². The largest absolute Gasteiger partial charge is 0.315 e. The molecule has 0 radical (unpaired) electrons. The molecule has 4 atom stereocenters. The van der Waals surface area contributed by atoms with E-state index in [9.17, 15) is 0 Å². The van der Waals surface area contributed by atoms with E-state index in [-0.39, 0.29) is 5.41 Å². The zero-order chi connectivity index (χ0) is 12.4. The quantitative estimate of drug-likeness (QED) is 0.712. The fourth-order valence-corrected chi connectivity index (χ4v) is 3.86. The van der Waals surface area contributed by atoms with Gasteiger partial charge in [0, 0.05) is 6.42 Å². The van der Waals surface area contributed by atoms with Crippen molar-refractivity contribution in [2.24, 2.45) is 5.41 Å². The Kier molecular flexibility index (Phi) is 2.26. The Bertz CT molecular complexity index is 318. The minimum Gasteiger partial charge on any atom is -0.315 e. The summed E-state index contributed by atoms with van der Waals surface area (Å²) in [5.74, 6) is -1.89. The van der Waals surface area contributed by atoms with Crippen LogP contribution in [-0.4, -0.2) is 17.4 Å². The summed E-state index contributed by atoms with van der Waals surface area (Å²) in [5.41, 5.74) is -0.173. The van der Waals surface area contributed by atoms with Gasteiger partial charge in [-0.3, -0.25) is 0 Å². The lowest BCUT2D eigenvalue weighted by molar-refractivity contribution is -0.455.